The zero-order valence-electron chi connectivity index (χ0n) is 13.0. The number of aromatic nitrogens is 1. The number of nitrogen functional groups attached to an aromatic ring is 1. The Balaban J connectivity index is 2.02. The third-order valence-electron chi connectivity index (χ3n) is 2.72. The number of aryl methyl sites for hydroxylation is 1. The van der Waals surface area contributed by atoms with Crippen molar-refractivity contribution in [3.8, 4) is 5.75 Å². The van der Waals surface area contributed by atoms with E-state index in [9.17, 15) is 4.79 Å². The van der Waals surface area contributed by atoms with Gasteiger partial charge in [0.1, 0.15) is 10.6 Å². The molecule has 122 valence electrons. The number of carbonyl (C=O) groups is 1. The minimum atomic E-state index is -0.327. The number of anilines is 1. The molecular formula is C15H17BrN4O2S. The highest BCUT2D eigenvalue weighted by Crippen LogP contribution is 2.26. The summed E-state index contributed by atoms with van der Waals surface area (Å²) in [6.07, 6.45) is 1.65. The van der Waals surface area contributed by atoms with Crippen LogP contribution in [0.15, 0.2) is 27.8 Å². The molecule has 0 saturated carbocycles. The molecule has 23 heavy (non-hydrogen) atoms. The fraction of sp³-hybridized carbons (Fsp3) is 0.267. The van der Waals surface area contributed by atoms with E-state index in [0.29, 0.717) is 15.7 Å². The molecule has 1 heterocycles. The maximum absolute atomic E-state index is 12.0. The highest BCUT2D eigenvalue weighted by Gasteiger charge is 2.13. The molecule has 3 N–H and O–H groups in total. The second-order valence-electron chi connectivity index (χ2n) is 5.02. The number of ether oxygens (including phenoxy) is 1. The summed E-state index contributed by atoms with van der Waals surface area (Å²) in [6, 6.07) is 5.57. The SMILES string of the molecule is Cc1nc(N)sc1C(=O)N/N=C\c1ccc(OC(C)C)c(Br)c1. The first-order chi connectivity index (χ1) is 10.9. The Labute approximate surface area is 146 Å². The van der Waals surface area contributed by atoms with Crippen molar-refractivity contribution in [1.29, 1.82) is 0 Å². The molecule has 0 aliphatic heterocycles. The summed E-state index contributed by atoms with van der Waals surface area (Å²) in [7, 11) is 0. The number of hydrazone groups is 1. The van der Waals surface area contributed by atoms with Gasteiger partial charge in [0.15, 0.2) is 5.13 Å². The van der Waals surface area contributed by atoms with E-state index in [2.05, 4.69) is 31.4 Å². The van der Waals surface area contributed by atoms with Gasteiger partial charge in [-0.2, -0.15) is 5.10 Å². The van der Waals surface area contributed by atoms with Crippen LogP contribution in [0.25, 0.3) is 0 Å². The fourth-order valence-corrected chi connectivity index (χ4v) is 3.00. The van der Waals surface area contributed by atoms with Gasteiger partial charge < -0.3 is 10.5 Å². The smallest absolute Gasteiger partial charge is 0.283 e. The van der Waals surface area contributed by atoms with Crippen LogP contribution in [0.2, 0.25) is 0 Å². The minimum Gasteiger partial charge on any atom is -0.490 e. The summed E-state index contributed by atoms with van der Waals surface area (Å²) in [5.41, 5.74) is 9.46. The molecule has 2 rings (SSSR count). The highest BCUT2D eigenvalue weighted by atomic mass is 79.9. The van der Waals surface area contributed by atoms with Gasteiger partial charge in [-0.05, 0) is 60.5 Å². The molecule has 0 atom stereocenters. The number of carbonyl (C=O) groups excluding carboxylic acids is 1. The van der Waals surface area contributed by atoms with Gasteiger partial charge in [0, 0.05) is 0 Å². The van der Waals surface area contributed by atoms with Crippen molar-refractivity contribution in [1.82, 2.24) is 10.4 Å². The highest BCUT2D eigenvalue weighted by molar-refractivity contribution is 9.10. The Morgan fingerprint density at radius 2 is 2.26 bits per heavy atom. The minimum absolute atomic E-state index is 0.0974. The van der Waals surface area contributed by atoms with Crippen molar-refractivity contribution in [2.75, 3.05) is 5.73 Å². The average molecular weight is 397 g/mol. The molecule has 0 bridgehead atoms. The van der Waals surface area contributed by atoms with Crippen LogP contribution in [0.4, 0.5) is 5.13 Å². The van der Waals surface area contributed by atoms with Crippen LogP contribution in [0.5, 0.6) is 5.75 Å². The number of rotatable bonds is 5. The van der Waals surface area contributed by atoms with Crippen LogP contribution >= 0.6 is 27.3 Å². The van der Waals surface area contributed by atoms with Crippen molar-refractivity contribution in [2.45, 2.75) is 26.9 Å². The largest absolute Gasteiger partial charge is 0.490 e. The molecule has 0 aliphatic carbocycles. The first kappa shape index (κ1) is 17.4. The summed E-state index contributed by atoms with van der Waals surface area (Å²) in [5, 5.41) is 4.31. The number of nitrogens with zero attached hydrogens (tertiary/aromatic N) is 2. The molecular weight excluding hydrogens is 380 g/mol. The van der Waals surface area contributed by atoms with Gasteiger partial charge in [-0.1, -0.05) is 11.3 Å². The monoisotopic (exact) mass is 396 g/mol. The Morgan fingerprint density at radius 1 is 1.52 bits per heavy atom. The predicted molar refractivity (Wildman–Crippen MR) is 96.2 cm³/mol. The third-order valence-corrected chi connectivity index (χ3v) is 4.32. The topological polar surface area (TPSA) is 89.6 Å². The first-order valence-electron chi connectivity index (χ1n) is 6.89. The zero-order chi connectivity index (χ0) is 17.0. The molecule has 0 aliphatic rings. The standard InChI is InChI=1S/C15H17BrN4O2S/c1-8(2)22-12-5-4-10(6-11(12)16)7-18-20-14(21)13-9(3)19-15(17)23-13/h4-8H,1-3H3,(H2,17,19)(H,20,21)/b18-7-. The second-order valence-corrected chi connectivity index (χ2v) is 6.91. The molecule has 8 heteroatoms. The predicted octanol–water partition coefficient (Wildman–Crippen LogP) is 3.35. The second kappa shape index (κ2) is 7.56. The number of amides is 1. The maximum atomic E-state index is 12.0. The van der Waals surface area contributed by atoms with Gasteiger partial charge in [-0.3, -0.25) is 4.79 Å². The zero-order valence-corrected chi connectivity index (χ0v) is 15.4. The number of nitrogens with one attached hydrogen (secondary N) is 1. The van der Waals surface area contributed by atoms with E-state index in [1.54, 1.807) is 13.1 Å². The summed E-state index contributed by atoms with van der Waals surface area (Å²) in [4.78, 5) is 16.4. The maximum Gasteiger partial charge on any atom is 0.283 e. The summed E-state index contributed by atoms with van der Waals surface area (Å²) < 4.78 is 6.46. The molecule has 2 aromatic rings. The van der Waals surface area contributed by atoms with Crippen molar-refractivity contribution in [3.63, 3.8) is 0 Å². The molecule has 0 unspecified atom stereocenters. The van der Waals surface area contributed by atoms with Gasteiger partial charge in [0.2, 0.25) is 0 Å². The fourth-order valence-electron chi connectivity index (χ4n) is 1.79. The molecule has 0 saturated heterocycles. The number of halogens is 1. The van der Waals surface area contributed by atoms with E-state index >= 15 is 0 Å². The molecule has 0 spiro atoms. The lowest BCUT2D eigenvalue weighted by atomic mass is 10.2. The summed E-state index contributed by atoms with van der Waals surface area (Å²) in [6.45, 7) is 5.66. The van der Waals surface area contributed by atoms with Gasteiger partial charge in [-0.15, -0.1) is 0 Å². The normalized spacial score (nSPS) is 11.2. The Morgan fingerprint density at radius 3 is 2.83 bits per heavy atom. The van der Waals surface area contributed by atoms with E-state index < -0.39 is 0 Å². The van der Waals surface area contributed by atoms with Crippen LogP contribution in [-0.4, -0.2) is 23.2 Å². The molecule has 1 amide bonds. The number of hydrogen-bond acceptors (Lipinski definition) is 6. The molecule has 0 fully saturated rings. The lowest BCUT2D eigenvalue weighted by Crippen LogP contribution is -2.17. The van der Waals surface area contributed by atoms with Gasteiger partial charge in [0.25, 0.3) is 5.91 Å². The van der Waals surface area contributed by atoms with E-state index in [1.165, 1.54) is 0 Å². The summed E-state index contributed by atoms with van der Waals surface area (Å²) >= 11 is 4.59. The Hall–Kier alpha value is -1.93. The van der Waals surface area contributed by atoms with Crippen molar-refractivity contribution < 1.29 is 9.53 Å². The molecule has 1 aromatic heterocycles. The quantitative estimate of drug-likeness (QED) is 0.598. The third kappa shape index (κ3) is 4.77. The Bertz CT molecular complexity index is 743. The molecule has 0 radical (unpaired) electrons. The van der Waals surface area contributed by atoms with Gasteiger partial charge in [-0.25, -0.2) is 10.4 Å². The Kier molecular flexibility index (Phi) is 5.73. The van der Waals surface area contributed by atoms with Crippen LogP contribution < -0.4 is 15.9 Å². The van der Waals surface area contributed by atoms with E-state index in [0.717, 1.165) is 27.1 Å². The van der Waals surface area contributed by atoms with Crippen molar-refractivity contribution >= 4 is 44.5 Å². The van der Waals surface area contributed by atoms with Gasteiger partial charge >= 0.3 is 0 Å². The van der Waals surface area contributed by atoms with E-state index in [1.807, 2.05) is 32.0 Å². The van der Waals surface area contributed by atoms with Crippen LogP contribution in [-0.2, 0) is 0 Å². The van der Waals surface area contributed by atoms with Crippen LogP contribution in [0, 0.1) is 6.92 Å². The first-order valence-corrected chi connectivity index (χ1v) is 8.50. The van der Waals surface area contributed by atoms with Gasteiger partial charge in [0.05, 0.1) is 22.5 Å². The number of hydrogen-bond donors (Lipinski definition) is 2. The number of thiazole rings is 1. The van der Waals surface area contributed by atoms with Crippen LogP contribution in [0.3, 0.4) is 0 Å². The number of nitrogens with two attached hydrogens (primary N) is 1. The van der Waals surface area contributed by atoms with Crippen molar-refractivity contribution in [2.24, 2.45) is 5.10 Å². The van der Waals surface area contributed by atoms with E-state index in [4.69, 9.17) is 10.5 Å². The molecule has 1 aromatic carbocycles. The lowest BCUT2D eigenvalue weighted by Gasteiger charge is -2.11. The average Bonchev–Trinajstić information content (AvgIpc) is 2.80. The molecule has 6 nitrogen and oxygen atoms in total. The summed E-state index contributed by atoms with van der Waals surface area (Å²) in [5.74, 6) is 0.434. The van der Waals surface area contributed by atoms with E-state index in [-0.39, 0.29) is 12.0 Å². The lowest BCUT2D eigenvalue weighted by molar-refractivity contribution is 0.0958. The van der Waals surface area contributed by atoms with Crippen molar-refractivity contribution in [3.05, 3.63) is 38.8 Å². The van der Waals surface area contributed by atoms with Crippen LogP contribution in [0.1, 0.15) is 34.8 Å². The number of benzene rings is 1.